The lowest BCUT2D eigenvalue weighted by atomic mass is 9.92. The largest absolute Gasteiger partial charge is 0.341 e. The first-order valence-electron chi connectivity index (χ1n) is 8.23. The number of hydrogen-bond donors (Lipinski definition) is 1. The minimum atomic E-state index is 0. The summed E-state index contributed by atoms with van der Waals surface area (Å²) in [7, 11) is 2.02. The maximum atomic E-state index is 12.4. The molecule has 0 aromatic carbocycles. The highest BCUT2D eigenvalue weighted by molar-refractivity contribution is 5.85. The summed E-state index contributed by atoms with van der Waals surface area (Å²) < 4.78 is 0. The second-order valence-electron chi connectivity index (χ2n) is 7.02. The Morgan fingerprint density at radius 3 is 2.24 bits per heavy atom. The molecule has 2 heterocycles. The standard InChI is InChI=1S/C16H31N3O.ClH/c1-13-8-14(2)11-19(10-13)16(20)12-18-6-4-15(5-7-18)9-17-3;/h13-15,17H,4-12H2,1-3H3;1H. The molecule has 1 N–H and O–H groups in total. The summed E-state index contributed by atoms with van der Waals surface area (Å²) in [5, 5.41) is 3.26. The number of rotatable bonds is 4. The van der Waals surface area contributed by atoms with Gasteiger partial charge in [-0.1, -0.05) is 13.8 Å². The number of nitrogens with one attached hydrogen (secondary N) is 1. The molecule has 0 bridgehead atoms. The number of likely N-dealkylation sites (tertiary alicyclic amines) is 2. The molecule has 0 aromatic heterocycles. The van der Waals surface area contributed by atoms with Gasteiger partial charge < -0.3 is 10.2 Å². The Hall–Kier alpha value is -0.320. The zero-order valence-corrected chi connectivity index (χ0v) is 14.6. The Morgan fingerprint density at radius 1 is 1.14 bits per heavy atom. The molecule has 124 valence electrons. The molecule has 0 radical (unpaired) electrons. The van der Waals surface area contributed by atoms with Crippen LogP contribution in [0.4, 0.5) is 0 Å². The first-order valence-corrected chi connectivity index (χ1v) is 8.23. The molecule has 0 aromatic rings. The third-order valence-corrected chi connectivity index (χ3v) is 4.78. The molecule has 0 aliphatic carbocycles. The molecular weight excluding hydrogens is 286 g/mol. The van der Waals surface area contributed by atoms with Crippen molar-refractivity contribution < 1.29 is 4.79 Å². The van der Waals surface area contributed by atoms with Crippen molar-refractivity contribution in [2.75, 3.05) is 46.3 Å². The second-order valence-corrected chi connectivity index (χ2v) is 7.02. The summed E-state index contributed by atoms with van der Waals surface area (Å²) in [4.78, 5) is 16.9. The fourth-order valence-electron chi connectivity index (χ4n) is 3.80. The van der Waals surface area contributed by atoms with Crippen LogP contribution in [0.3, 0.4) is 0 Å². The predicted molar refractivity (Wildman–Crippen MR) is 89.9 cm³/mol. The van der Waals surface area contributed by atoms with Crippen molar-refractivity contribution in [3.63, 3.8) is 0 Å². The van der Waals surface area contributed by atoms with Gasteiger partial charge in [0, 0.05) is 13.1 Å². The van der Waals surface area contributed by atoms with E-state index in [1.165, 1.54) is 19.3 Å². The lowest BCUT2D eigenvalue weighted by molar-refractivity contribution is -0.135. The lowest BCUT2D eigenvalue weighted by Crippen LogP contribution is -2.48. The van der Waals surface area contributed by atoms with Crippen LogP contribution >= 0.6 is 12.4 Å². The maximum absolute atomic E-state index is 12.4. The molecule has 2 aliphatic heterocycles. The van der Waals surface area contributed by atoms with Crippen molar-refractivity contribution >= 4 is 18.3 Å². The molecule has 0 spiro atoms. The average molecular weight is 318 g/mol. The van der Waals surface area contributed by atoms with Gasteiger partial charge >= 0.3 is 0 Å². The number of carbonyl (C=O) groups excluding carboxylic acids is 1. The van der Waals surface area contributed by atoms with Crippen LogP contribution in [0.25, 0.3) is 0 Å². The molecule has 2 fully saturated rings. The zero-order chi connectivity index (χ0) is 14.5. The first kappa shape index (κ1) is 18.7. The molecule has 2 saturated heterocycles. The Kier molecular flexibility index (Phi) is 7.99. The molecular formula is C16H32ClN3O. The number of carbonyl (C=O) groups is 1. The topological polar surface area (TPSA) is 35.6 Å². The van der Waals surface area contributed by atoms with Gasteiger partial charge in [-0.05, 0) is 63.7 Å². The van der Waals surface area contributed by atoms with Crippen LogP contribution in [0.1, 0.15) is 33.1 Å². The van der Waals surface area contributed by atoms with Gasteiger partial charge in [-0.3, -0.25) is 9.69 Å². The Balaban J connectivity index is 0.00000220. The predicted octanol–water partition coefficient (Wildman–Crippen LogP) is 1.84. The first-order chi connectivity index (χ1) is 9.58. The maximum Gasteiger partial charge on any atom is 0.236 e. The Morgan fingerprint density at radius 2 is 1.71 bits per heavy atom. The van der Waals surface area contributed by atoms with Crippen molar-refractivity contribution in [1.82, 2.24) is 15.1 Å². The van der Waals surface area contributed by atoms with Crippen molar-refractivity contribution in [1.29, 1.82) is 0 Å². The lowest BCUT2D eigenvalue weighted by Gasteiger charge is -2.37. The zero-order valence-electron chi connectivity index (χ0n) is 13.8. The monoisotopic (exact) mass is 317 g/mol. The normalized spacial score (nSPS) is 28.2. The van der Waals surface area contributed by atoms with Gasteiger partial charge in [0.1, 0.15) is 0 Å². The summed E-state index contributed by atoms with van der Waals surface area (Å²) >= 11 is 0. The van der Waals surface area contributed by atoms with Crippen molar-refractivity contribution in [3.8, 4) is 0 Å². The molecule has 1 amide bonds. The third-order valence-electron chi connectivity index (χ3n) is 4.78. The molecule has 2 aliphatic rings. The van der Waals surface area contributed by atoms with Crippen LogP contribution in [-0.2, 0) is 4.79 Å². The van der Waals surface area contributed by atoms with Gasteiger partial charge in [0.25, 0.3) is 0 Å². The van der Waals surface area contributed by atoms with Gasteiger partial charge in [0.05, 0.1) is 6.54 Å². The molecule has 0 saturated carbocycles. The van der Waals surface area contributed by atoms with Crippen LogP contribution < -0.4 is 5.32 Å². The van der Waals surface area contributed by atoms with Gasteiger partial charge in [0.2, 0.25) is 5.91 Å². The van der Waals surface area contributed by atoms with Gasteiger partial charge in [0.15, 0.2) is 0 Å². The van der Waals surface area contributed by atoms with Crippen molar-refractivity contribution in [3.05, 3.63) is 0 Å². The van der Waals surface area contributed by atoms with Crippen LogP contribution in [-0.4, -0.2) is 62.0 Å². The number of nitrogens with zero attached hydrogens (tertiary/aromatic N) is 2. The number of halogens is 1. The second kappa shape index (κ2) is 8.96. The van der Waals surface area contributed by atoms with Crippen LogP contribution in [0, 0.1) is 17.8 Å². The fourth-order valence-corrected chi connectivity index (χ4v) is 3.80. The van der Waals surface area contributed by atoms with E-state index in [9.17, 15) is 4.79 Å². The van der Waals surface area contributed by atoms with E-state index in [1.54, 1.807) is 0 Å². The van der Waals surface area contributed by atoms with Gasteiger partial charge in [-0.25, -0.2) is 0 Å². The number of hydrogen-bond acceptors (Lipinski definition) is 3. The summed E-state index contributed by atoms with van der Waals surface area (Å²) in [5.74, 6) is 2.45. The SMILES string of the molecule is CNCC1CCN(CC(=O)N2CC(C)CC(C)C2)CC1.Cl. The summed E-state index contributed by atoms with van der Waals surface area (Å²) in [6.45, 7) is 10.3. The minimum Gasteiger partial charge on any atom is -0.341 e. The molecule has 21 heavy (non-hydrogen) atoms. The van der Waals surface area contributed by atoms with E-state index in [4.69, 9.17) is 0 Å². The summed E-state index contributed by atoms with van der Waals surface area (Å²) in [6, 6.07) is 0. The smallest absolute Gasteiger partial charge is 0.236 e. The molecule has 5 heteroatoms. The van der Waals surface area contributed by atoms with Crippen LogP contribution in [0.5, 0.6) is 0 Å². The van der Waals surface area contributed by atoms with Crippen molar-refractivity contribution in [2.45, 2.75) is 33.1 Å². The highest BCUT2D eigenvalue weighted by atomic mass is 35.5. The highest BCUT2D eigenvalue weighted by Gasteiger charge is 2.27. The quantitative estimate of drug-likeness (QED) is 0.859. The van der Waals surface area contributed by atoms with E-state index in [1.807, 2.05) is 7.05 Å². The molecule has 2 atom stereocenters. The van der Waals surface area contributed by atoms with Gasteiger partial charge in [-0.15, -0.1) is 12.4 Å². The molecule has 2 unspecified atom stereocenters. The summed E-state index contributed by atoms with van der Waals surface area (Å²) in [5.41, 5.74) is 0. The Labute approximate surface area is 136 Å². The Bertz CT molecular complexity index is 309. The molecule has 4 nitrogen and oxygen atoms in total. The average Bonchev–Trinajstić information content (AvgIpc) is 2.40. The van der Waals surface area contributed by atoms with E-state index >= 15 is 0 Å². The fraction of sp³-hybridized carbons (Fsp3) is 0.938. The van der Waals surface area contributed by atoms with E-state index in [0.717, 1.165) is 38.6 Å². The number of amides is 1. The molecule has 2 rings (SSSR count). The highest BCUT2D eigenvalue weighted by Crippen LogP contribution is 2.22. The van der Waals surface area contributed by atoms with E-state index in [-0.39, 0.29) is 12.4 Å². The van der Waals surface area contributed by atoms with Crippen molar-refractivity contribution in [2.24, 2.45) is 17.8 Å². The van der Waals surface area contributed by atoms with E-state index in [2.05, 4.69) is 29.0 Å². The van der Waals surface area contributed by atoms with Crippen LogP contribution in [0.2, 0.25) is 0 Å². The van der Waals surface area contributed by atoms with E-state index in [0.29, 0.717) is 24.3 Å². The van der Waals surface area contributed by atoms with Crippen LogP contribution in [0.15, 0.2) is 0 Å². The van der Waals surface area contributed by atoms with E-state index < -0.39 is 0 Å². The third kappa shape index (κ3) is 5.76. The minimum absolute atomic E-state index is 0. The number of piperidine rings is 2. The van der Waals surface area contributed by atoms with Gasteiger partial charge in [-0.2, -0.15) is 0 Å². The summed E-state index contributed by atoms with van der Waals surface area (Å²) in [6.07, 6.45) is 3.71.